The average molecular weight is 272 g/mol. The van der Waals surface area contributed by atoms with Gasteiger partial charge in [-0.1, -0.05) is 0 Å². The lowest BCUT2D eigenvalue weighted by molar-refractivity contribution is -0.137. The summed E-state index contributed by atoms with van der Waals surface area (Å²) >= 11 is 0. The van der Waals surface area contributed by atoms with Crippen LogP contribution in [0.5, 0.6) is 11.5 Å². The van der Waals surface area contributed by atoms with Crippen LogP contribution in [0, 0.1) is 0 Å². The molecule has 0 unspecified atom stereocenters. The fourth-order valence-electron chi connectivity index (χ4n) is 1.31. The summed E-state index contributed by atoms with van der Waals surface area (Å²) in [5.41, 5.74) is -0.791. The molecule has 1 N–H and O–H groups in total. The van der Waals surface area contributed by atoms with Gasteiger partial charge in [0, 0.05) is 0 Å². The van der Waals surface area contributed by atoms with E-state index in [2.05, 4.69) is 5.10 Å². The number of halogens is 3. The topological polar surface area (TPSA) is 64.3 Å². The van der Waals surface area contributed by atoms with E-state index in [0.717, 1.165) is 36.7 Å². The molecule has 0 atom stereocenters. The maximum absolute atomic E-state index is 12.3. The second-order valence-corrected chi connectivity index (χ2v) is 3.53. The summed E-state index contributed by atoms with van der Waals surface area (Å²) in [6, 6.07) is 4.02. The summed E-state index contributed by atoms with van der Waals surface area (Å²) in [5, 5.41) is 12.1. The molecule has 0 amide bonds. The van der Waals surface area contributed by atoms with Crippen LogP contribution in [-0.2, 0) is 6.18 Å². The minimum Gasteiger partial charge on any atom is -0.463 e. The van der Waals surface area contributed by atoms with E-state index in [1.807, 2.05) is 0 Å². The van der Waals surface area contributed by atoms with Crippen molar-refractivity contribution in [1.82, 2.24) is 9.78 Å². The first kappa shape index (κ1) is 12.9. The molecule has 5 nitrogen and oxygen atoms in total. The lowest BCUT2D eigenvalue weighted by atomic mass is 10.2. The van der Waals surface area contributed by atoms with Gasteiger partial charge in [-0.3, -0.25) is 0 Å². The number of hydrogen-bond donors (Lipinski definition) is 1. The van der Waals surface area contributed by atoms with Gasteiger partial charge in [-0.25, -0.2) is 4.79 Å². The largest absolute Gasteiger partial charge is 0.463 e. The van der Waals surface area contributed by atoms with Crippen LogP contribution in [0.4, 0.5) is 18.0 Å². The van der Waals surface area contributed by atoms with Crippen LogP contribution in [-0.4, -0.2) is 21.0 Å². The summed E-state index contributed by atoms with van der Waals surface area (Å²) in [7, 11) is 0. The molecule has 0 fully saturated rings. The Morgan fingerprint density at radius 3 is 2.32 bits per heavy atom. The Morgan fingerprint density at radius 2 is 1.84 bits per heavy atom. The SMILES string of the molecule is O=C(O)n1cc(Oc2ccc(C(F)(F)F)cc2)cn1. The standard InChI is InChI=1S/C11H7F3N2O3/c12-11(13,14)7-1-3-8(4-2-7)19-9-5-15-16(6-9)10(17)18/h1-6H,(H,17,18). The molecule has 0 bridgehead atoms. The molecule has 0 saturated heterocycles. The number of ether oxygens (including phenoxy) is 1. The van der Waals surface area contributed by atoms with E-state index >= 15 is 0 Å². The van der Waals surface area contributed by atoms with Crippen molar-refractivity contribution in [3.63, 3.8) is 0 Å². The molecule has 0 aliphatic rings. The molecule has 1 aromatic heterocycles. The van der Waals surface area contributed by atoms with Crippen molar-refractivity contribution in [3.8, 4) is 11.5 Å². The monoisotopic (exact) mass is 272 g/mol. The Hall–Kier alpha value is -2.51. The summed E-state index contributed by atoms with van der Waals surface area (Å²) in [5.74, 6) is 0.264. The van der Waals surface area contributed by atoms with Crippen LogP contribution < -0.4 is 4.74 Å². The van der Waals surface area contributed by atoms with E-state index in [0.29, 0.717) is 4.68 Å². The molecule has 1 aromatic carbocycles. The lowest BCUT2D eigenvalue weighted by Crippen LogP contribution is -2.07. The van der Waals surface area contributed by atoms with Gasteiger partial charge in [0.1, 0.15) is 5.75 Å². The fraction of sp³-hybridized carbons (Fsp3) is 0.0909. The molecular formula is C11H7F3N2O3. The summed E-state index contributed by atoms with van der Waals surface area (Å²) in [6.07, 6.45) is -3.46. The van der Waals surface area contributed by atoms with Crippen molar-refractivity contribution >= 4 is 6.09 Å². The van der Waals surface area contributed by atoms with Gasteiger partial charge in [-0.15, -0.1) is 0 Å². The minimum atomic E-state index is -4.41. The second-order valence-electron chi connectivity index (χ2n) is 3.53. The van der Waals surface area contributed by atoms with Gasteiger partial charge in [0.05, 0.1) is 18.0 Å². The number of rotatable bonds is 2. The van der Waals surface area contributed by atoms with Crippen LogP contribution in [0.3, 0.4) is 0 Å². The van der Waals surface area contributed by atoms with Crippen LogP contribution >= 0.6 is 0 Å². The number of carbonyl (C=O) groups is 1. The van der Waals surface area contributed by atoms with Crippen molar-refractivity contribution in [3.05, 3.63) is 42.2 Å². The molecule has 0 aliphatic carbocycles. The first-order chi connectivity index (χ1) is 8.86. The van der Waals surface area contributed by atoms with Crippen molar-refractivity contribution < 1.29 is 27.8 Å². The number of carboxylic acid groups (broad SMARTS) is 1. The summed E-state index contributed by atoms with van der Waals surface area (Å²) < 4.78 is 42.7. The van der Waals surface area contributed by atoms with E-state index in [4.69, 9.17) is 9.84 Å². The number of hydrogen-bond acceptors (Lipinski definition) is 3. The molecule has 2 rings (SSSR count). The molecule has 100 valence electrons. The molecule has 2 aromatic rings. The predicted molar refractivity (Wildman–Crippen MR) is 57.2 cm³/mol. The molecule has 0 saturated carbocycles. The van der Waals surface area contributed by atoms with Crippen LogP contribution in [0.25, 0.3) is 0 Å². The average Bonchev–Trinajstić information content (AvgIpc) is 2.77. The summed E-state index contributed by atoms with van der Waals surface area (Å²) in [6.45, 7) is 0. The normalized spacial score (nSPS) is 11.3. The number of benzene rings is 1. The zero-order valence-electron chi connectivity index (χ0n) is 9.26. The Morgan fingerprint density at radius 1 is 1.21 bits per heavy atom. The smallest absolute Gasteiger partial charge is 0.432 e. The number of alkyl halides is 3. The van der Waals surface area contributed by atoms with Gasteiger partial charge in [-0.2, -0.15) is 23.0 Å². The maximum Gasteiger partial charge on any atom is 0.432 e. The van der Waals surface area contributed by atoms with Crippen molar-refractivity contribution in [2.75, 3.05) is 0 Å². The van der Waals surface area contributed by atoms with Gasteiger partial charge in [0.25, 0.3) is 0 Å². The third-order valence-electron chi connectivity index (χ3n) is 2.17. The number of aromatic nitrogens is 2. The zero-order valence-corrected chi connectivity index (χ0v) is 9.26. The quantitative estimate of drug-likeness (QED) is 0.911. The predicted octanol–water partition coefficient (Wildman–Crippen LogP) is 3.22. The second kappa shape index (κ2) is 4.63. The first-order valence-electron chi connectivity index (χ1n) is 4.99. The molecular weight excluding hydrogens is 265 g/mol. The van der Waals surface area contributed by atoms with E-state index in [-0.39, 0.29) is 11.5 Å². The Kier molecular flexibility index (Phi) is 3.16. The van der Waals surface area contributed by atoms with E-state index < -0.39 is 17.8 Å². The molecule has 0 radical (unpaired) electrons. The molecule has 8 heteroatoms. The van der Waals surface area contributed by atoms with Gasteiger partial charge in [0.2, 0.25) is 0 Å². The maximum atomic E-state index is 12.3. The van der Waals surface area contributed by atoms with Crippen molar-refractivity contribution in [2.45, 2.75) is 6.18 Å². The highest BCUT2D eigenvalue weighted by Crippen LogP contribution is 2.31. The van der Waals surface area contributed by atoms with Crippen LogP contribution in [0.1, 0.15) is 5.56 Å². The molecule has 19 heavy (non-hydrogen) atoms. The van der Waals surface area contributed by atoms with Gasteiger partial charge < -0.3 is 9.84 Å². The van der Waals surface area contributed by atoms with Gasteiger partial charge in [-0.05, 0) is 24.3 Å². The van der Waals surface area contributed by atoms with Crippen molar-refractivity contribution in [2.24, 2.45) is 0 Å². The molecule has 0 spiro atoms. The fourth-order valence-corrected chi connectivity index (χ4v) is 1.31. The Labute approximate surface area is 104 Å². The van der Waals surface area contributed by atoms with Gasteiger partial charge in [0.15, 0.2) is 5.75 Å². The summed E-state index contributed by atoms with van der Waals surface area (Å²) in [4.78, 5) is 10.5. The first-order valence-corrected chi connectivity index (χ1v) is 4.99. The Bertz CT molecular complexity index is 590. The van der Waals surface area contributed by atoms with Crippen molar-refractivity contribution in [1.29, 1.82) is 0 Å². The highest BCUT2D eigenvalue weighted by atomic mass is 19.4. The van der Waals surface area contributed by atoms with E-state index in [1.54, 1.807) is 0 Å². The Balaban J connectivity index is 2.13. The van der Waals surface area contributed by atoms with Gasteiger partial charge >= 0.3 is 12.3 Å². The van der Waals surface area contributed by atoms with Crippen LogP contribution in [0.2, 0.25) is 0 Å². The highest BCUT2D eigenvalue weighted by molar-refractivity contribution is 5.67. The zero-order chi connectivity index (χ0) is 14.0. The van der Waals surface area contributed by atoms with Crippen LogP contribution in [0.15, 0.2) is 36.7 Å². The lowest BCUT2D eigenvalue weighted by Gasteiger charge is -2.07. The number of nitrogens with zero attached hydrogens (tertiary/aromatic N) is 2. The van der Waals surface area contributed by atoms with E-state index in [1.165, 1.54) is 0 Å². The third kappa shape index (κ3) is 3.03. The minimum absolute atomic E-state index is 0.113. The molecule has 1 heterocycles. The molecule has 0 aliphatic heterocycles. The van der Waals surface area contributed by atoms with E-state index in [9.17, 15) is 18.0 Å². The highest BCUT2D eigenvalue weighted by Gasteiger charge is 2.30. The third-order valence-corrected chi connectivity index (χ3v) is 2.17.